The summed E-state index contributed by atoms with van der Waals surface area (Å²) in [4.78, 5) is 34.4. The Bertz CT molecular complexity index is 521. The van der Waals surface area contributed by atoms with E-state index in [9.17, 15) is 19.5 Å². The Kier molecular flexibility index (Phi) is 22.0. The van der Waals surface area contributed by atoms with Crippen molar-refractivity contribution in [2.75, 3.05) is 13.2 Å². The summed E-state index contributed by atoms with van der Waals surface area (Å²) in [7, 11) is 0. The topological polar surface area (TPSA) is 99.1 Å². The zero-order valence-corrected chi connectivity index (χ0v) is 22.0. The Morgan fingerprint density at radius 1 is 0.647 bits per heavy atom. The highest BCUT2D eigenvalue weighted by molar-refractivity contribution is 5.71. The number of esters is 3. The minimum atomic E-state index is -0.917. The van der Waals surface area contributed by atoms with Crippen LogP contribution in [0, 0.1) is 0 Å². The van der Waals surface area contributed by atoms with Gasteiger partial charge in [0.1, 0.15) is 12.7 Å². The fourth-order valence-electron chi connectivity index (χ4n) is 3.93. The van der Waals surface area contributed by atoms with Gasteiger partial charge in [-0.1, -0.05) is 96.8 Å². The molecule has 0 aliphatic rings. The summed E-state index contributed by atoms with van der Waals surface area (Å²) in [6, 6.07) is 0. The molecule has 0 aromatic rings. The van der Waals surface area contributed by atoms with E-state index in [-0.39, 0.29) is 13.0 Å². The van der Waals surface area contributed by atoms with Crippen molar-refractivity contribution in [2.45, 2.75) is 142 Å². The molecular formula is C27H50O7. The van der Waals surface area contributed by atoms with Gasteiger partial charge in [0.05, 0.1) is 13.0 Å². The Morgan fingerprint density at radius 2 is 1.12 bits per heavy atom. The molecule has 0 fully saturated rings. The normalized spacial score (nSPS) is 12.7. The van der Waals surface area contributed by atoms with Crippen LogP contribution < -0.4 is 0 Å². The van der Waals surface area contributed by atoms with Crippen LogP contribution in [0.15, 0.2) is 0 Å². The number of carbonyl (C=O) groups excluding carboxylic acids is 3. The van der Waals surface area contributed by atoms with Gasteiger partial charge in [-0.15, -0.1) is 0 Å². The highest BCUT2D eigenvalue weighted by Crippen LogP contribution is 2.16. The average Bonchev–Trinajstić information content (AvgIpc) is 2.78. The van der Waals surface area contributed by atoms with Gasteiger partial charge in [-0.25, -0.2) is 0 Å². The van der Waals surface area contributed by atoms with E-state index in [1.54, 1.807) is 0 Å². The second-order valence-corrected chi connectivity index (χ2v) is 9.27. The second kappa shape index (κ2) is 23.1. The van der Waals surface area contributed by atoms with E-state index >= 15 is 0 Å². The number of hydrogen-bond donors (Lipinski definition) is 1. The van der Waals surface area contributed by atoms with Gasteiger partial charge in [0, 0.05) is 13.8 Å². The number of carbonyl (C=O) groups is 3. The fraction of sp³-hybridized carbons (Fsp3) is 0.889. The van der Waals surface area contributed by atoms with Crippen molar-refractivity contribution < 1.29 is 33.7 Å². The second-order valence-electron chi connectivity index (χ2n) is 9.27. The van der Waals surface area contributed by atoms with Crippen molar-refractivity contribution in [1.29, 1.82) is 0 Å². The van der Waals surface area contributed by atoms with Gasteiger partial charge in [0.25, 0.3) is 0 Å². The SMILES string of the molecule is CCCCCCCCCCCCCCCCC[C@H](CC(=O)O[C@@H](CO)COC(C)=O)OC(C)=O. The lowest BCUT2D eigenvalue weighted by Crippen LogP contribution is -2.30. The molecule has 34 heavy (non-hydrogen) atoms. The number of hydrogen-bond acceptors (Lipinski definition) is 7. The van der Waals surface area contributed by atoms with Crippen molar-refractivity contribution in [2.24, 2.45) is 0 Å². The molecule has 2 atom stereocenters. The van der Waals surface area contributed by atoms with Gasteiger partial charge in [-0.05, 0) is 12.8 Å². The van der Waals surface area contributed by atoms with Gasteiger partial charge in [-0.3, -0.25) is 14.4 Å². The maximum Gasteiger partial charge on any atom is 0.310 e. The molecular weight excluding hydrogens is 436 g/mol. The summed E-state index contributed by atoms with van der Waals surface area (Å²) in [5, 5.41) is 9.27. The first-order valence-electron chi connectivity index (χ1n) is 13.5. The van der Waals surface area contributed by atoms with Crippen LogP contribution in [0.2, 0.25) is 0 Å². The molecule has 0 radical (unpaired) electrons. The highest BCUT2D eigenvalue weighted by atomic mass is 16.6. The summed E-state index contributed by atoms with van der Waals surface area (Å²) < 4.78 is 15.2. The van der Waals surface area contributed by atoms with E-state index in [1.807, 2.05) is 0 Å². The lowest BCUT2D eigenvalue weighted by atomic mass is 10.0. The number of rotatable bonds is 23. The minimum absolute atomic E-state index is 0.0746. The van der Waals surface area contributed by atoms with Crippen LogP contribution in [0.1, 0.15) is 130 Å². The first-order chi connectivity index (χ1) is 16.4. The first-order valence-corrected chi connectivity index (χ1v) is 13.5. The molecule has 0 aromatic carbocycles. The van der Waals surface area contributed by atoms with Crippen LogP contribution in [0.25, 0.3) is 0 Å². The van der Waals surface area contributed by atoms with Crippen LogP contribution >= 0.6 is 0 Å². The predicted octanol–water partition coefficient (Wildman–Crippen LogP) is 6.04. The Morgan fingerprint density at radius 3 is 1.53 bits per heavy atom. The molecule has 7 nitrogen and oxygen atoms in total. The Labute approximate surface area is 207 Å². The quantitative estimate of drug-likeness (QED) is 0.107. The Balaban J connectivity index is 3.85. The van der Waals surface area contributed by atoms with Crippen LogP contribution in [-0.4, -0.2) is 48.4 Å². The smallest absolute Gasteiger partial charge is 0.310 e. The van der Waals surface area contributed by atoms with Gasteiger partial charge >= 0.3 is 17.9 Å². The molecule has 0 aliphatic heterocycles. The molecule has 7 heteroatoms. The number of aliphatic hydroxyl groups excluding tert-OH is 1. The molecule has 0 aliphatic carbocycles. The van der Waals surface area contributed by atoms with E-state index in [0.717, 1.165) is 19.3 Å². The predicted molar refractivity (Wildman–Crippen MR) is 133 cm³/mol. The largest absolute Gasteiger partial charge is 0.462 e. The van der Waals surface area contributed by atoms with E-state index in [2.05, 4.69) is 6.92 Å². The van der Waals surface area contributed by atoms with Gasteiger partial charge in [0.15, 0.2) is 6.10 Å². The highest BCUT2D eigenvalue weighted by Gasteiger charge is 2.21. The van der Waals surface area contributed by atoms with Crippen LogP contribution in [0.5, 0.6) is 0 Å². The summed E-state index contributed by atoms with van der Waals surface area (Å²) in [5.74, 6) is -1.53. The maximum absolute atomic E-state index is 12.1. The zero-order valence-electron chi connectivity index (χ0n) is 22.0. The average molecular weight is 487 g/mol. The van der Waals surface area contributed by atoms with Gasteiger partial charge in [0.2, 0.25) is 0 Å². The summed E-state index contributed by atoms with van der Waals surface area (Å²) in [6.45, 7) is 4.17. The number of aliphatic hydroxyl groups is 1. The molecule has 0 heterocycles. The molecule has 1 N–H and O–H groups in total. The van der Waals surface area contributed by atoms with Crippen LogP contribution in [0.3, 0.4) is 0 Å². The number of ether oxygens (including phenoxy) is 3. The molecule has 0 rings (SSSR count). The van der Waals surface area contributed by atoms with Crippen LogP contribution in [0.4, 0.5) is 0 Å². The summed E-state index contributed by atoms with van der Waals surface area (Å²) in [6.07, 6.45) is 18.2. The molecule has 0 saturated heterocycles. The van der Waals surface area contributed by atoms with Crippen molar-refractivity contribution in [3.05, 3.63) is 0 Å². The third-order valence-electron chi connectivity index (χ3n) is 5.83. The molecule has 200 valence electrons. The summed E-state index contributed by atoms with van der Waals surface area (Å²) >= 11 is 0. The zero-order chi connectivity index (χ0) is 25.4. The van der Waals surface area contributed by atoms with E-state index in [1.165, 1.54) is 90.9 Å². The van der Waals surface area contributed by atoms with E-state index in [4.69, 9.17) is 14.2 Å². The van der Waals surface area contributed by atoms with Gasteiger partial charge in [-0.2, -0.15) is 0 Å². The summed E-state index contributed by atoms with van der Waals surface area (Å²) in [5.41, 5.74) is 0. The lowest BCUT2D eigenvalue weighted by molar-refractivity contribution is -0.164. The van der Waals surface area contributed by atoms with Gasteiger partial charge < -0.3 is 19.3 Å². The first kappa shape index (κ1) is 32.4. The van der Waals surface area contributed by atoms with Crippen molar-refractivity contribution in [3.63, 3.8) is 0 Å². The maximum atomic E-state index is 12.1. The molecule has 0 spiro atoms. The third kappa shape index (κ3) is 22.2. The lowest BCUT2D eigenvalue weighted by Gasteiger charge is -2.19. The molecule has 0 aromatic heterocycles. The third-order valence-corrected chi connectivity index (χ3v) is 5.83. The minimum Gasteiger partial charge on any atom is -0.462 e. The van der Waals surface area contributed by atoms with Crippen LogP contribution in [-0.2, 0) is 28.6 Å². The molecule has 0 amide bonds. The standard InChI is InChI=1S/C27H50O7/c1-4-5-6-7-8-9-10-11-12-13-14-15-16-17-18-19-25(33-24(3)30)20-27(31)34-26(21-28)22-32-23(2)29/h25-26,28H,4-22H2,1-3H3/t25-,26+/m1/s1. The Hall–Kier alpha value is -1.63. The van der Waals surface area contributed by atoms with E-state index < -0.39 is 36.7 Å². The fourth-order valence-corrected chi connectivity index (χ4v) is 3.93. The number of unbranched alkanes of at least 4 members (excludes halogenated alkanes) is 14. The molecule has 0 bridgehead atoms. The van der Waals surface area contributed by atoms with Crippen molar-refractivity contribution in [3.8, 4) is 0 Å². The van der Waals surface area contributed by atoms with Crippen molar-refractivity contribution in [1.82, 2.24) is 0 Å². The molecule has 0 saturated carbocycles. The monoisotopic (exact) mass is 486 g/mol. The van der Waals surface area contributed by atoms with E-state index in [0.29, 0.717) is 6.42 Å². The molecule has 0 unspecified atom stereocenters. The van der Waals surface area contributed by atoms with Crippen molar-refractivity contribution >= 4 is 17.9 Å².